The molecule has 0 saturated carbocycles. The summed E-state index contributed by atoms with van der Waals surface area (Å²) < 4.78 is 7.12. The lowest BCUT2D eigenvalue weighted by atomic mass is 10.2. The van der Waals surface area contributed by atoms with Crippen LogP contribution in [0.4, 0.5) is 5.69 Å². The van der Waals surface area contributed by atoms with E-state index in [0.717, 1.165) is 18.4 Å². The van der Waals surface area contributed by atoms with Crippen molar-refractivity contribution in [2.75, 3.05) is 25.2 Å². The van der Waals surface area contributed by atoms with Gasteiger partial charge in [-0.1, -0.05) is 36.2 Å². The average molecular weight is 516 g/mol. The molecule has 0 radical (unpaired) electrons. The summed E-state index contributed by atoms with van der Waals surface area (Å²) in [6.07, 6.45) is 9.31. The maximum absolute atomic E-state index is 11.8. The monoisotopic (exact) mass is 515 g/mol. The summed E-state index contributed by atoms with van der Waals surface area (Å²) in [7, 11) is 3.40. The number of hydrogen-bond acceptors (Lipinski definition) is 6. The number of aryl methyl sites for hydroxylation is 1. The molecule has 2 aliphatic rings. The van der Waals surface area contributed by atoms with Crippen molar-refractivity contribution in [3.05, 3.63) is 51.9 Å². The van der Waals surface area contributed by atoms with Gasteiger partial charge in [0, 0.05) is 37.8 Å². The van der Waals surface area contributed by atoms with Crippen LogP contribution in [0.3, 0.4) is 0 Å². The Morgan fingerprint density at radius 3 is 2.86 bits per heavy atom. The van der Waals surface area contributed by atoms with Crippen LogP contribution in [0.25, 0.3) is 0 Å². The minimum absolute atomic E-state index is 0.0320. The van der Waals surface area contributed by atoms with E-state index >= 15 is 0 Å². The third kappa shape index (κ3) is 5.74. The fraction of sp³-hybridized carbons (Fsp3) is 0.375. The van der Waals surface area contributed by atoms with Crippen LogP contribution < -0.4 is 15.0 Å². The predicted octanol–water partition coefficient (Wildman–Crippen LogP) is 4.04. The molecule has 35 heavy (non-hydrogen) atoms. The van der Waals surface area contributed by atoms with Gasteiger partial charge in [-0.2, -0.15) is 5.10 Å². The second kappa shape index (κ2) is 11.0. The molecule has 1 aromatic heterocycles. The molecule has 1 saturated heterocycles. The van der Waals surface area contributed by atoms with Crippen LogP contribution in [0.2, 0.25) is 10.0 Å². The highest BCUT2D eigenvalue weighted by Crippen LogP contribution is 2.40. The number of carbonyl (C=O) groups is 1. The molecule has 1 N–H and O–H groups in total. The van der Waals surface area contributed by atoms with Crippen molar-refractivity contribution >= 4 is 52.6 Å². The van der Waals surface area contributed by atoms with Gasteiger partial charge in [0.25, 0.3) is 0 Å². The van der Waals surface area contributed by atoms with Gasteiger partial charge < -0.3 is 15.0 Å². The maximum atomic E-state index is 11.8. The highest BCUT2D eigenvalue weighted by atomic mass is 35.5. The van der Waals surface area contributed by atoms with Gasteiger partial charge in [0.1, 0.15) is 23.1 Å². The van der Waals surface area contributed by atoms with Gasteiger partial charge in [0.2, 0.25) is 5.91 Å². The number of halogens is 2. The summed E-state index contributed by atoms with van der Waals surface area (Å²) in [6, 6.07) is 3.41. The SMILES string of the molecule is CC/C=C1/N=CC(c2cnn(C)c2)=N/C1=N/CN(CC1CCC(=O)N1)c1c(Cl)ccc(OC)c1Cl. The summed E-state index contributed by atoms with van der Waals surface area (Å²) in [5, 5.41) is 8.07. The van der Waals surface area contributed by atoms with Crippen LogP contribution in [0, 0.1) is 0 Å². The first-order chi connectivity index (χ1) is 16.9. The highest BCUT2D eigenvalue weighted by molar-refractivity contribution is 6.42. The maximum Gasteiger partial charge on any atom is 0.220 e. The largest absolute Gasteiger partial charge is 0.495 e. The Hall–Kier alpha value is -3.17. The number of nitrogens with zero attached hydrogens (tertiary/aromatic N) is 6. The number of carbonyl (C=O) groups excluding carboxylic acids is 1. The molecular weight excluding hydrogens is 489 g/mol. The van der Waals surface area contributed by atoms with E-state index in [2.05, 4.69) is 15.4 Å². The van der Waals surface area contributed by atoms with Crippen LogP contribution >= 0.6 is 23.2 Å². The van der Waals surface area contributed by atoms with E-state index in [1.165, 1.54) is 0 Å². The van der Waals surface area contributed by atoms with Crippen LogP contribution in [0.1, 0.15) is 31.7 Å². The summed E-state index contributed by atoms with van der Waals surface area (Å²) in [4.78, 5) is 27.9. The first-order valence-electron chi connectivity index (χ1n) is 11.3. The Kier molecular flexibility index (Phi) is 7.87. The molecule has 11 heteroatoms. The molecule has 9 nitrogen and oxygen atoms in total. The molecule has 3 heterocycles. The molecule has 0 spiro atoms. The zero-order valence-corrected chi connectivity index (χ0v) is 21.3. The van der Waals surface area contributed by atoms with E-state index in [9.17, 15) is 4.79 Å². The van der Waals surface area contributed by atoms with E-state index in [1.807, 2.05) is 31.1 Å². The molecule has 2 aromatic rings. The predicted molar refractivity (Wildman–Crippen MR) is 140 cm³/mol. The number of ether oxygens (including phenoxy) is 1. The van der Waals surface area contributed by atoms with Crippen molar-refractivity contribution in [3.63, 3.8) is 0 Å². The van der Waals surface area contributed by atoms with Gasteiger partial charge >= 0.3 is 0 Å². The topological polar surface area (TPSA) is 96.5 Å². The number of amides is 1. The van der Waals surface area contributed by atoms with Crippen molar-refractivity contribution in [2.45, 2.75) is 32.2 Å². The summed E-state index contributed by atoms with van der Waals surface area (Å²) in [5.41, 5.74) is 2.81. The van der Waals surface area contributed by atoms with Gasteiger partial charge in [-0.05, 0) is 25.0 Å². The minimum atomic E-state index is -0.0504. The third-order valence-corrected chi connectivity index (χ3v) is 6.33. The molecule has 2 aliphatic heterocycles. The van der Waals surface area contributed by atoms with Crippen LogP contribution in [-0.2, 0) is 11.8 Å². The number of anilines is 1. The van der Waals surface area contributed by atoms with E-state index in [1.54, 1.807) is 36.3 Å². The van der Waals surface area contributed by atoms with Gasteiger partial charge in [-0.25, -0.2) is 9.98 Å². The molecule has 1 aromatic carbocycles. The third-order valence-electron chi connectivity index (χ3n) is 5.66. The fourth-order valence-electron chi connectivity index (χ4n) is 3.96. The summed E-state index contributed by atoms with van der Waals surface area (Å²) in [6.45, 7) is 2.71. The standard InChI is InChI=1S/C24H27Cl2N7O2/c1-4-5-18-24(31-19(11-27-18)15-10-29-32(2)12-15)28-14-33(13-16-6-9-21(34)30-16)23-17(25)7-8-20(35-3)22(23)26/h5,7-8,10-12,16H,4,6,9,13-14H2,1-3H3,(H,30,34)/b18-5+,28-24+. The Morgan fingerprint density at radius 2 is 2.20 bits per heavy atom. The number of hydrogen-bond donors (Lipinski definition) is 1. The number of aliphatic imine (C=N–C) groups is 3. The number of benzene rings is 1. The van der Waals surface area contributed by atoms with E-state index in [0.29, 0.717) is 51.7 Å². The molecule has 1 amide bonds. The van der Waals surface area contributed by atoms with E-state index in [-0.39, 0.29) is 18.6 Å². The molecule has 1 fully saturated rings. The second-order valence-electron chi connectivity index (χ2n) is 8.22. The number of nitrogens with one attached hydrogen (secondary N) is 1. The quantitative estimate of drug-likeness (QED) is 0.573. The summed E-state index contributed by atoms with van der Waals surface area (Å²) in [5.74, 6) is 1.04. The average Bonchev–Trinajstić information content (AvgIpc) is 3.46. The lowest BCUT2D eigenvalue weighted by Crippen LogP contribution is -2.39. The summed E-state index contributed by atoms with van der Waals surface area (Å²) >= 11 is 13.3. The zero-order chi connectivity index (χ0) is 24.9. The van der Waals surface area contributed by atoms with Gasteiger partial charge in [0.05, 0.1) is 35.9 Å². The van der Waals surface area contributed by atoms with Crippen LogP contribution in [-0.4, -0.2) is 59.8 Å². The first-order valence-corrected chi connectivity index (χ1v) is 12.1. The van der Waals surface area contributed by atoms with Crippen molar-refractivity contribution in [3.8, 4) is 5.75 Å². The van der Waals surface area contributed by atoms with Crippen molar-refractivity contribution in [1.82, 2.24) is 15.1 Å². The molecule has 0 bridgehead atoms. The lowest BCUT2D eigenvalue weighted by molar-refractivity contribution is -0.119. The Morgan fingerprint density at radius 1 is 1.37 bits per heavy atom. The van der Waals surface area contributed by atoms with Crippen LogP contribution in [0.15, 0.2) is 51.3 Å². The van der Waals surface area contributed by atoms with E-state index in [4.69, 9.17) is 37.9 Å². The fourth-order valence-corrected chi connectivity index (χ4v) is 4.64. The number of allylic oxidation sites excluding steroid dienone is 1. The lowest BCUT2D eigenvalue weighted by Gasteiger charge is -2.28. The highest BCUT2D eigenvalue weighted by Gasteiger charge is 2.26. The molecule has 184 valence electrons. The Bertz CT molecular complexity index is 1230. The smallest absolute Gasteiger partial charge is 0.220 e. The zero-order valence-electron chi connectivity index (χ0n) is 19.8. The van der Waals surface area contributed by atoms with Crippen LogP contribution in [0.5, 0.6) is 5.75 Å². The van der Waals surface area contributed by atoms with Crippen molar-refractivity contribution in [2.24, 2.45) is 22.0 Å². The number of aromatic nitrogens is 2. The van der Waals surface area contributed by atoms with Gasteiger partial charge in [-0.3, -0.25) is 14.5 Å². The van der Waals surface area contributed by atoms with Gasteiger partial charge in [-0.15, -0.1) is 0 Å². The first kappa shape index (κ1) is 24.9. The number of methoxy groups -OCH3 is 1. The molecule has 0 aliphatic carbocycles. The number of rotatable bonds is 8. The van der Waals surface area contributed by atoms with E-state index < -0.39 is 0 Å². The molecule has 1 unspecified atom stereocenters. The second-order valence-corrected chi connectivity index (χ2v) is 9.00. The number of amidine groups is 1. The molecule has 4 rings (SSSR count). The molecular formula is C24H27Cl2N7O2. The van der Waals surface area contributed by atoms with Gasteiger partial charge in [0.15, 0.2) is 5.84 Å². The Labute approximate surface area is 214 Å². The normalized spacial score (nSPS) is 19.9. The minimum Gasteiger partial charge on any atom is -0.495 e. The Balaban J connectivity index is 1.70. The van der Waals surface area contributed by atoms with Crippen molar-refractivity contribution in [1.29, 1.82) is 0 Å². The van der Waals surface area contributed by atoms with Crippen molar-refractivity contribution < 1.29 is 9.53 Å². The molecule has 1 atom stereocenters.